The van der Waals surface area contributed by atoms with Gasteiger partial charge in [-0.15, -0.1) is 0 Å². The van der Waals surface area contributed by atoms with Gasteiger partial charge in [0.15, 0.2) is 11.6 Å². The quantitative estimate of drug-likeness (QED) is 0.736. The fourth-order valence-corrected chi connectivity index (χ4v) is 2.08. The fraction of sp³-hybridized carbons (Fsp3) is 0.538. The zero-order valence-corrected chi connectivity index (χ0v) is 11.2. The van der Waals surface area contributed by atoms with Gasteiger partial charge in [-0.3, -0.25) is 4.79 Å². The first-order valence-electron chi connectivity index (χ1n) is 6.58. The maximum atomic E-state index is 14.2. The van der Waals surface area contributed by atoms with Crippen molar-refractivity contribution < 1.29 is 19.4 Å². The molecule has 7 heteroatoms. The maximum absolute atomic E-state index is 14.2. The van der Waals surface area contributed by atoms with Gasteiger partial charge in [0.2, 0.25) is 0 Å². The van der Waals surface area contributed by atoms with Gasteiger partial charge < -0.3 is 20.4 Å². The van der Waals surface area contributed by atoms with Crippen molar-refractivity contribution in [2.75, 3.05) is 25.0 Å². The van der Waals surface area contributed by atoms with Crippen LogP contribution in [-0.4, -0.2) is 57.8 Å². The Morgan fingerprint density at radius 1 is 1.50 bits per heavy atom. The first kappa shape index (κ1) is 14.7. The van der Waals surface area contributed by atoms with E-state index in [4.69, 9.17) is 0 Å². The van der Waals surface area contributed by atoms with E-state index in [1.54, 1.807) is 0 Å². The molecule has 2 heterocycles. The lowest BCUT2D eigenvalue weighted by atomic mass is 10.2. The van der Waals surface area contributed by atoms with Gasteiger partial charge in [0.25, 0.3) is 5.91 Å². The summed E-state index contributed by atoms with van der Waals surface area (Å²) >= 11 is 0. The summed E-state index contributed by atoms with van der Waals surface area (Å²) in [6.45, 7) is 2.49. The Morgan fingerprint density at radius 3 is 2.75 bits per heavy atom. The molecule has 2 atom stereocenters. The van der Waals surface area contributed by atoms with Crippen LogP contribution < -0.4 is 5.32 Å². The minimum Gasteiger partial charge on any atom is -0.388 e. The second-order valence-electron chi connectivity index (χ2n) is 4.79. The van der Waals surface area contributed by atoms with E-state index >= 15 is 0 Å². The second kappa shape index (κ2) is 6.15. The predicted octanol–water partition coefficient (Wildman–Crippen LogP) is 0.220. The molecule has 3 N–H and O–H groups in total. The van der Waals surface area contributed by atoms with Gasteiger partial charge in [-0.1, -0.05) is 6.92 Å². The number of carbonyl (C=O) groups is 1. The number of nitrogens with zero attached hydrogens (tertiary/aromatic N) is 2. The van der Waals surface area contributed by atoms with Crippen molar-refractivity contribution in [3.05, 3.63) is 23.6 Å². The number of rotatable bonds is 4. The first-order chi connectivity index (χ1) is 9.54. The topological polar surface area (TPSA) is 85.7 Å². The number of β-amino-alcohol motifs (C(OH)–C–C–N with tert-alkyl or cyclic N) is 2. The van der Waals surface area contributed by atoms with Crippen molar-refractivity contribution in [2.24, 2.45) is 0 Å². The van der Waals surface area contributed by atoms with E-state index in [0.717, 1.165) is 6.42 Å². The number of nitrogens with one attached hydrogen (secondary N) is 1. The van der Waals surface area contributed by atoms with Crippen molar-refractivity contribution in [1.82, 2.24) is 9.88 Å². The highest BCUT2D eigenvalue weighted by molar-refractivity contribution is 5.95. The van der Waals surface area contributed by atoms with E-state index in [9.17, 15) is 19.4 Å². The van der Waals surface area contributed by atoms with Crippen molar-refractivity contribution in [3.63, 3.8) is 0 Å². The number of likely N-dealkylation sites (tertiary alicyclic amines) is 1. The molecule has 0 radical (unpaired) electrons. The summed E-state index contributed by atoms with van der Waals surface area (Å²) in [4.78, 5) is 17.3. The first-order valence-corrected chi connectivity index (χ1v) is 6.58. The van der Waals surface area contributed by atoms with Crippen LogP contribution in [0.25, 0.3) is 0 Å². The zero-order chi connectivity index (χ0) is 14.7. The van der Waals surface area contributed by atoms with Gasteiger partial charge in [-0.05, 0) is 12.5 Å². The summed E-state index contributed by atoms with van der Waals surface area (Å²) in [5, 5.41) is 21.7. The molecule has 1 fully saturated rings. The molecule has 1 aromatic heterocycles. The van der Waals surface area contributed by atoms with E-state index in [1.807, 2.05) is 6.92 Å². The Kier molecular flexibility index (Phi) is 4.51. The van der Waals surface area contributed by atoms with Crippen LogP contribution >= 0.6 is 0 Å². The van der Waals surface area contributed by atoms with Gasteiger partial charge in [0, 0.05) is 25.8 Å². The van der Waals surface area contributed by atoms with Crippen molar-refractivity contribution in [1.29, 1.82) is 0 Å². The molecule has 1 saturated heterocycles. The summed E-state index contributed by atoms with van der Waals surface area (Å²) in [6.07, 6.45) is 0.198. The highest BCUT2D eigenvalue weighted by atomic mass is 19.1. The summed E-state index contributed by atoms with van der Waals surface area (Å²) in [7, 11) is 0. The zero-order valence-electron chi connectivity index (χ0n) is 11.2. The van der Waals surface area contributed by atoms with Gasteiger partial charge in [0.1, 0.15) is 0 Å². The number of anilines is 1. The summed E-state index contributed by atoms with van der Waals surface area (Å²) < 4.78 is 14.2. The molecule has 1 aromatic rings. The highest BCUT2D eigenvalue weighted by Gasteiger charge is 2.34. The molecule has 2 rings (SSSR count). The number of aliphatic hydroxyl groups is 2. The monoisotopic (exact) mass is 283 g/mol. The minimum absolute atomic E-state index is 0.000511. The average Bonchev–Trinajstić information content (AvgIpc) is 2.77. The molecule has 1 aliphatic rings. The molecular formula is C13H18FN3O3. The molecular weight excluding hydrogens is 265 g/mol. The van der Waals surface area contributed by atoms with E-state index in [1.165, 1.54) is 17.2 Å². The predicted molar refractivity (Wildman–Crippen MR) is 70.9 cm³/mol. The van der Waals surface area contributed by atoms with E-state index in [-0.39, 0.29) is 24.5 Å². The SMILES string of the molecule is CCCNc1nccc(C(=O)N2CC(O)C(O)C2)c1F. The van der Waals surface area contributed by atoms with Crippen LogP contribution in [0.15, 0.2) is 12.3 Å². The van der Waals surface area contributed by atoms with E-state index in [2.05, 4.69) is 10.3 Å². The Morgan fingerprint density at radius 2 is 2.15 bits per heavy atom. The Labute approximate surface area is 116 Å². The largest absolute Gasteiger partial charge is 0.388 e. The average molecular weight is 283 g/mol. The highest BCUT2D eigenvalue weighted by Crippen LogP contribution is 2.19. The lowest BCUT2D eigenvalue weighted by Crippen LogP contribution is -2.30. The second-order valence-corrected chi connectivity index (χ2v) is 4.79. The van der Waals surface area contributed by atoms with Crippen LogP contribution in [-0.2, 0) is 0 Å². The molecule has 0 saturated carbocycles. The third kappa shape index (κ3) is 2.88. The normalized spacial score (nSPS) is 22.1. The van der Waals surface area contributed by atoms with Crippen LogP contribution in [0, 0.1) is 5.82 Å². The number of pyridine rings is 1. The van der Waals surface area contributed by atoms with E-state index < -0.39 is 23.9 Å². The Bertz CT molecular complexity index is 488. The minimum atomic E-state index is -0.985. The van der Waals surface area contributed by atoms with Crippen LogP contribution in [0.5, 0.6) is 0 Å². The molecule has 6 nitrogen and oxygen atoms in total. The number of aromatic nitrogens is 1. The molecule has 20 heavy (non-hydrogen) atoms. The lowest BCUT2D eigenvalue weighted by molar-refractivity contribution is 0.0572. The number of amides is 1. The van der Waals surface area contributed by atoms with Crippen LogP contribution in [0.2, 0.25) is 0 Å². The standard InChI is InChI=1S/C13H18FN3O3/c1-2-4-15-12-11(14)8(3-5-16-12)13(20)17-6-9(18)10(19)7-17/h3,5,9-10,18-19H,2,4,6-7H2,1H3,(H,15,16). The molecule has 1 aliphatic heterocycles. The van der Waals surface area contributed by atoms with Crippen molar-refractivity contribution >= 4 is 11.7 Å². The van der Waals surface area contributed by atoms with Crippen molar-refractivity contribution in [3.8, 4) is 0 Å². The molecule has 0 aliphatic carbocycles. The fourth-order valence-electron chi connectivity index (χ4n) is 2.08. The Balaban J connectivity index is 2.18. The third-order valence-electron chi connectivity index (χ3n) is 3.21. The van der Waals surface area contributed by atoms with Crippen LogP contribution in [0.3, 0.4) is 0 Å². The molecule has 0 bridgehead atoms. The smallest absolute Gasteiger partial charge is 0.257 e. The number of hydrogen-bond acceptors (Lipinski definition) is 5. The number of halogens is 1. The number of aliphatic hydroxyl groups excluding tert-OH is 2. The molecule has 2 unspecified atom stereocenters. The van der Waals surface area contributed by atoms with Gasteiger partial charge in [0.05, 0.1) is 17.8 Å². The molecule has 110 valence electrons. The Hall–Kier alpha value is -1.73. The lowest BCUT2D eigenvalue weighted by Gasteiger charge is -2.16. The van der Waals surface area contributed by atoms with Gasteiger partial charge in [-0.2, -0.15) is 0 Å². The number of hydrogen-bond donors (Lipinski definition) is 3. The molecule has 1 amide bonds. The van der Waals surface area contributed by atoms with Gasteiger partial charge >= 0.3 is 0 Å². The molecule has 0 spiro atoms. The summed E-state index contributed by atoms with van der Waals surface area (Å²) in [5.41, 5.74) is -0.111. The number of carbonyl (C=O) groups excluding carboxylic acids is 1. The summed E-state index contributed by atoms with van der Waals surface area (Å²) in [6, 6.07) is 1.30. The van der Waals surface area contributed by atoms with E-state index in [0.29, 0.717) is 6.54 Å². The van der Waals surface area contributed by atoms with Crippen LogP contribution in [0.1, 0.15) is 23.7 Å². The third-order valence-corrected chi connectivity index (χ3v) is 3.21. The summed E-state index contributed by atoms with van der Waals surface area (Å²) in [5.74, 6) is -1.22. The maximum Gasteiger partial charge on any atom is 0.257 e. The van der Waals surface area contributed by atoms with Gasteiger partial charge in [-0.25, -0.2) is 9.37 Å². The molecule has 0 aromatic carbocycles. The van der Waals surface area contributed by atoms with Crippen LogP contribution in [0.4, 0.5) is 10.2 Å². The van der Waals surface area contributed by atoms with Crippen molar-refractivity contribution in [2.45, 2.75) is 25.6 Å².